The molecule has 23 heavy (non-hydrogen) atoms. The number of ether oxygens (including phenoxy) is 1. The Morgan fingerprint density at radius 2 is 1.48 bits per heavy atom. The zero-order valence-electron chi connectivity index (χ0n) is 13.7. The van der Waals surface area contributed by atoms with Crippen LogP contribution in [0.25, 0.3) is 0 Å². The Hall–Kier alpha value is -2.49. The molecule has 0 heterocycles. The number of carbonyl (C=O) groups is 1. The highest BCUT2D eigenvalue weighted by Crippen LogP contribution is 2.51. The van der Waals surface area contributed by atoms with Crippen LogP contribution in [0.4, 0.5) is 17.1 Å². The van der Waals surface area contributed by atoms with Crippen molar-refractivity contribution in [3.05, 3.63) is 48.5 Å². The van der Waals surface area contributed by atoms with Gasteiger partial charge in [0.25, 0.3) is 0 Å². The van der Waals surface area contributed by atoms with Crippen LogP contribution in [0.5, 0.6) is 5.75 Å². The number of rotatable bonds is 5. The molecule has 1 unspecified atom stereocenters. The Bertz CT molecular complexity index is 690. The van der Waals surface area contributed by atoms with E-state index in [-0.39, 0.29) is 17.2 Å². The van der Waals surface area contributed by atoms with Crippen molar-refractivity contribution in [3.8, 4) is 5.75 Å². The predicted octanol–water partition coefficient (Wildman–Crippen LogP) is 4.42. The summed E-state index contributed by atoms with van der Waals surface area (Å²) < 4.78 is 5.14. The molecular weight excluding hydrogens is 288 g/mol. The van der Waals surface area contributed by atoms with Gasteiger partial charge in [0.05, 0.1) is 7.11 Å². The number of anilines is 3. The Balaban J connectivity index is 1.59. The van der Waals surface area contributed by atoms with E-state index >= 15 is 0 Å². The van der Waals surface area contributed by atoms with E-state index < -0.39 is 0 Å². The first-order valence-electron chi connectivity index (χ1n) is 7.80. The lowest BCUT2D eigenvalue weighted by Crippen LogP contribution is -2.16. The Labute approximate surface area is 136 Å². The van der Waals surface area contributed by atoms with Crippen LogP contribution in [0, 0.1) is 11.3 Å². The first-order chi connectivity index (χ1) is 11.0. The van der Waals surface area contributed by atoms with Crippen molar-refractivity contribution in [1.82, 2.24) is 0 Å². The second-order valence-corrected chi connectivity index (χ2v) is 6.67. The normalized spacial score (nSPS) is 18.1. The third kappa shape index (κ3) is 3.65. The van der Waals surface area contributed by atoms with Gasteiger partial charge in [0.1, 0.15) is 5.75 Å². The molecule has 1 fully saturated rings. The van der Waals surface area contributed by atoms with Crippen LogP contribution < -0.4 is 15.4 Å². The molecule has 1 aliphatic rings. The largest absolute Gasteiger partial charge is 0.497 e. The van der Waals surface area contributed by atoms with E-state index in [0.717, 1.165) is 29.2 Å². The highest BCUT2D eigenvalue weighted by molar-refractivity contribution is 5.95. The molecule has 0 aliphatic heterocycles. The summed E-state index contributed by atoms with van der Waals surface area (Å²) in [5, 5.41) is 6.30. The van der Waals surface area contributed by atoms with Crippen LogP contribution in [0.2, 0.25) is 0 Å². The molecule has 0 radical (unpaired) electrons. The molecule has 3 rings (SSSR count). The van der Waals surface area contributed by atoms with Crippen LogP contribution in [0.3, 0.4) is 0 Å². The number of amides is 1. The smallest absolute Gasteiger partial charge is 0.228 e. The zero-order chi connectivity index (χ0) is 16.4. The lowest BCUT2D eigenvalue weighted by molar-refractivity contribution is -0.118. The van der Waals surface area contributed by atoms with Crippen LogP contribution in [-0.2, 0) is 4.79 Å². The van der Waals surface area contributed by atoms with Gasteiger partial charge in [-0.25, -0.2) is 0 Å². The SMILES string of the molecule is COc1ccc(Nc2ccc(NC(=O)C3CC3(C)C)cc2)cc1. The second kappa shape index (κ2) is 5.95. The van der Waals surface area contributed by atoms with Gasteiger partial charge < -0.3 is 15.4 Å². The first kappa shape index (κ1) is 15.4. The highest BCUT2D eigenvalue weighted by atomic mass is 16.5. The van der Waals surface area contributed by atoms with Crippen molar-refractivity contribution < 1.29 is 9.53 Å². The van der Waals surface area contributed by atoms with Gasteiger partial charge in [0.2, 0.25) is 5.91 Å². The topological polar surface area (TPSA) is 50.4 Å². The first-order valence-corrected chi connectivity index (χ1v) is 7.80. The van der Waals surface area contributed by atoms with Crippen molar-refractivity contribution in [1.29, 1.82) is 0 Å². The molecule has 1 saturated carbocycles. The molecule has 4 heteroatoms. The zero-order valence-corrected chi connectivity index (χ0v) is 13.7. The summed E-state index contributed by atoms with van der Waals surface area (Å²) in [6, 6.07) is 15.5. The van der Waals surface area contributed by atoms with E-state index in [0.29, 0.717) is 0 Å². The minimum absolute atomic E-state index is 0.117. The fourth-order valence-electron chi connectivity index (χ4n) is 2.62. The molecule has 0 saturated heterocycles. The van der Waals surface area contributed by atoms with Gasteiger partial charge in [-0.2, -0.15) is 0 Å². The van der Waals surface area contributed by atoms with Crippen LogP contribution in [-0.4, -0.2) is 13.0 Å². The summed E-state index contributed by atoms with van der Waals surface area (Å²) in [6.07, 6.45) is 0.968. The summed E-state index contributed by atoms with van der Waals surface area (Å²) in [4.78, 5) is 12.1. The Morgan fingerprint density at radius 3 is 1.96 bits per heavy atom. The van der Waals surface area contributed by atoms with Gasteiger partial charge in [0, 0.05) is 23.0 Å². The number of hydrogen-bond acceptors (Lipinski definition) is 3. The van der Waals surface area contributed by atoms with Gasteiger partial charge in [-0.3, -0.25) is 4.79 Å². The summed E-state index contributed by atoms with van der Waals surface area (Å²) in [5.41, 5.74) is 2.94. The summed E-state index contributed by atoms with van der Waals surface area (Å²) in [7, 11) is 1.65. The molecule has 2 aromatic carbocycles. The molecule has 4 nitrogen and oxygen atoms in total. The minimum Gasteiger partial charge on any atom is -0.497 e. The molecule has 1 amide bonds. The second-order valence-electron chi connectivity index (χ2n) is 6.67. The standard InChI is InChI=1S/C19H22N2O2/c1-19(2)12-17(19)18(22)21-15-6-4-13(5-7-15)20-14-8-10-16(23-3)11-9-14/h4-11,17,20H,12H2,1-3H3,(H,21,22). The number of benzene rings is 2. The van der Waals surface area contributed by atoms with E-state index in [1.165, 1.54) is 0 Å². The third-order valence-corrected chi connectivity index (χ3v) is 4.36. The van der Waals surface area contributed by atoms with E-state index in [4.69, 9.17) is 4.74 Å². The van der Waals surface area contributed by atoms with Crippen molar-refractivity contribution in [2.24, 2.45) is 11.3 Å². The maximum Gasteiger partial charge on any atom is 0.228 e. The lowest BCUT2D eigenvalue weighted by atomic mass is 10.1. The number of carbonyl (C=O) groups excluding carboxylic acids is 1. The van der Waals surface area contributed by atoms with E-state index in [1.807, 2.05) is 48.5 Å². The maximum atomic E-state index is 12.1. The van der Waals surface area contributed by atoms with Gasteiger partial charge in [-0.1, -0.05) is 13.8 Å². The predicted molar refractivity (Wildman–Crippen MR) is 93.2 cm³/mol. The van der Waals surface area contributed by atoms with Crippen LogP contribution in [0.1, 0.15) is 20.3 Å². The number of methoxy groups -OCH3 is 1. The summed E-state index contributed by atoms with van der Waals surface area (Å²) >= 11 is 0. The molecule has 120 valence electrons. The highest BCUT2D eigenvalue weighted by Gasteiger charge is 2.50. The molecule has 1 aliphatic carbocycles. The maximum absolute atomic E-state index is 12.1. The average Bonchev–Trinajstić information content (AvgIpc) is 3.19. The van der Waals surface area contributed by atoms with E-state index in [1.54, 1.807) is 7.11 Å². The van der Waals surface area contributed by atoms with Crippen molar-refractivity contribution in [2.45, 2.75) is 20.3 Å². The van der Waals surface area contributed by atoms with Crippen LogP contribution in [0.15, 0.2) is 48.5 Å². The van der Waals surface area contributed by atoms with Gasteiger partial charge in [-0.15, -0.1) is 0 Å². The van der Waals surface area contributed by atoms with Gasteiger partial charge in [0.15, 0.2) is 0 Å². The molecule has 0 spiro atoms. The summed E-state index contributed by atoms with van der Waals surface area (Å²) in [6.45, 7) is 4.25. The Morgan fingerprint density at radius 1 is 1.00 bits per heavy atom. The fraction of sp³-hybridized carbons (Fsp3) is 0.316. The third-order valence-electron chi connectivity index (χ3n) is 4.36. The van der Waals surface area contributed by atoms with E-state index in [2.05, 4.69) is 24.5 Å². The molecule has 0 bridgehead atoms. The molecule has 2 aromatic rings. The summed E-state index contributed by atoms with van der Waals surface area (Å²) in [5.74, 6) is 1.09. The van der Waals surface area contributed by atoms with Crippen molar-refractivity contribution in [3.63, 3.8) is 0 Å². The monoisotopic (exact) mass is 310 g/mol. The molecule has 2 N–H and O–H groups in total. The van der Waals surface area contributed by atoms with Gasteiger partial charge >= 0.3 is 0 Å². The minimum atomic E-state index is 0.117. The molecular formula is C19H22N2O2. The van der Waals surface area contributed by atoms with Crippen molar-refractivity contribution in [2.75, 3.05) is 17.7 Å². The fourth-order valence-corrected chi connectivity index (χ4v) is 2.62. The average molecular weight is 310 g/mol. The van der Waals surface area contributed by atoms with Crippen LogP contribution >= 0.6 is 0 Å². The lowest BCUT2D eigenvalue weighted by Gasteiger charge is -2.10. The van der Waals surface area contributed by atoms with Gasteiger partial charge in [-0.05, 0) is 60.4 Å². The molecule has 0 aromatic heterocycles. The molecule has 1 atom stereocenters. The quantitative estimate of drug-likeness (QED) is 0.859. The Kier molecular flexibility index (Phi) is 3.99. The van der Waals surface area contributed by atoms with E-state index in [9.17, 15) is 4.79 Å². The van der Waals surface area contributed by atoms with Crippen molar-refractivity contribution >= 4 is 23.0 Å². The number of nitrogens with one attached hydrogen (secondary N) is 2. The number of hydrogen-bond donors (Lipinski definition) is 2.